The van der Waals surface area contributed by atoms with Crippen molar-refractivity contribution in [3.05, 3.63) is 73.5 Å². The molecule has 228 valence electrons. The molecule has 13 heteroatoms. The number of nitrogens with zero attached hydrogens (tertiary/aromatic N) is 4. The monoisotopic (exact) mass is 672 g/mol. The van der Waals surface area contributed by atoms with Crippen LogP contribution in [0.15, 0.2) is 47.2 Å². The number of pyridine rings is 1. The van der Waals surface area contributed by atoms with Crippen LogP contribution in [0.1, 0.15) is 46.4 Å². The fourth-order valence-corrected chi connectivity index (χ4v) is 6.48. The van der Waals surface area contributed by atoms with Crippen molar-refractivity contribution < 1.29 is 19.2 Å². The van der Waals surface area contributed by atoms with Gasteiger partial charge in [-0.1, -0.05) is 46.4 Å². The van der Waals surface area contributed by atoms with Gasteiger partial charge in [-0.2, -0.15) is 0 Å². The lowest BCUT2D eigenvalue weighted by atomic mass is 9.89. The minimum atomic E-state index is -0.476. The third-order valence-electron chi connectivity index (χ3n) is 8.16. The van der Waals surface area contributed by atoms with Crippen LogP contribution in [0.25, 0.3) is 10.8 Å². The lowest BCUT2D eigenvalue weighted by molar-refractivity contribution is -0.384. The predicted molar refractivity (Wildman–Crippen MR) is 169 cm³/mol. The van der Waals surface area contributed by atoms with Crippen molar-refractivity contribution in [3.8, 4) is 0 Å². The smallest absolute Gasteiger partial charge is 0.294 e. The van der Waals surface area contributed by atoms with Crippen molar-refractivity contribution in [3.63, 3.8) is 0 Å². The minimum Gasteiger partial charge on any atom is -0.383 e. The molecule has 1 aliphatic heterocycles. The summed E-state index contributed by atoms with van der Waals surface area (Å²) in [5, 5.41) is 20.8. The molecule has 0 bridgehead atoms. The fourth-order valence-electron chi connectivity index (χ4n) is 5.86. The number of carbonyl (C=O) groups excluding carboxylic acids is 2. The second-order valence-corrected chi connectivity index (χ2v) is 12.3. The SMILES string of the molecule is COCCN1CCN(C(=O)c2cc(Br)cc([N+](=O)[O-])c2N[C@@H]2CCCC[C@@H]2NC(=O)c2cncc3cc(Cl)ccc23)CC1. The maximum absolute atomic E-state index is 13.8. The Balaban J connectivity index is 1.39. The second kappa shape index (κ2) is 14.0. The molecule has 0 unspecified atom stereocenters. The first-order chi connectivity index (χ1) is 20.7. The molecule has 1 aromatic heterocycles. The van der Waals surface area contributed by atoms with Gasteiger partial charge < -0.3 is 20.3 Å². The molecule has 0 radical (unpaired) electrons. The first kappa shape index (κ1) is 31.1. The number of amides is 2. The molecule has 43 heavy (non-hydrogen) atoms. The molecule has 2 fully saturated rings. The highest BCUT2D eigenvalue weighted by Gasteiger charge is 2.33. The lowest BCUT2D eigenvalue weighted by Crippen LogP contribution is -2.50. The zero-order valence-corrected chi connectivity index (χ0v) is 26.2. The van der Waals surface area contributed by atoms with Gasteiger partial charge in [0.15, 0.2) is 0 Å². The Morgan fingerprint density at radius 1 is 1.09 bits per heavy atom. The van der Waals surface area contributed by atoms with E-state index in [1.807, 2.05) is 0 Å². The number of aromatic nitrogens is 1. The topological polar surface area (TPSA) is 130 Å². The highest BCUT2D eigenvalue weighted by atomic mass is 79.9. The quantitative estimate of drug-likeness (QED) is 0.237. The highest BCUT2D eigenvalue weighted by Crippen LogP contribution is 2.36. The lowest BCUT2D eigenvalue weighted by Gasteiger charge is -2.36. The van der Waals surface area contributed by atoms with Gasteiger partial charge >= 0.3 is 0 Å². The van der Waals surface area contributed by atoms with Gasteiger partial charge in [-0.25, -0.2) is 0 Å². The summed E-state index contributed by atoms with van der Waals surface area (Å²) in [5.41, 5.74) is 0.640. The molecule has 2 atom stereocenters. The van der Waals surface area contributed by atoms with E-state index < -0.39 is 4.92 Å². The van der Waals surface area contributed by atoms with Crippen LogP contribution < -0.4 is 10.6 Å². The number of nitro groups is 1. The number of nitro benzene ring substituents is 1. The van der Waals surface area contributed by atoms with Crippen LogP contribution in [-0.2, 0) is 4.74 Å². The van der Waals surface area contributed by atoms with Crippen LogP contribution in [0.2, 0.25) is 5.02 Å². The maximum Gasteiger partial charge on any atom is 0.294 e. The van der Waals surface area contributed by atoms with E-state index in [9.17, 15) is 19.7 Å². The largest absolute Gasteiger partial charge is 0.383 e. The van der Waals surface area contributed by atoms with Crippen LogP contribution in [-0.4, -0.2) is 90.0 Å². The third kappa shape index (κ3) is 7.26. The summed E-state index contributed by atoms with van der Waals surface area (Å²) in [5.74, 6) is -0.553. The van der Waals surface area contributed by atoms with Crippen LogP contribution in [0.4, 0.5) is 11.4 Å². The number of ether oxygens (including phenoxy) is 1. The number of methoxy groups -OCH3 is 1. The molecule has 2 aliphatic rings. The van der Waals surface area contributed by atoms with Crippen LogP contribution in [0.5, 0.6) is 0 Å². The molecule has 0 spiro atoms. The van der Waals surface area contributed by atoms with Gasteiger partial charge in [0.25, 0.3) is 17.5 Å². The van der Waals surface area contributed by atoms with Crippen molar-refractivity contribution in [2.45, 2.75) is 37.8 Å². The Bertz CT molecular complexity index is 1520. The van der Waals surface area contributed by atoms with Gasteiger partial charge in [-0.15, -0.1) is 0 Å². The molecule has 2 amide bonds. The standard InChI is InChI=1S/C30H34BrClN6O5/c1-43-13-12-36-8-10-37(11-9-36)30(40)23-15-20(31)16-27(38(41)42)28(23)34-25-4-2-3-5-26(25)35-29(39)24-18-33-17-19-14-21(32)6-7-22(19)24/h6-7,14-18,25-26,34H,2-5,8-13H2,1H3,(H,35,39)/t25-,26+/m1/s1. The summed E-state index contributed by atoms with van der Waals surface area (Å²) in [6, 6.07) is 7.69. The number of anilines is 1. The molecule has 2 heterocycles. The Morgan fingerprint density at radius 3 is 2.56 bits per heavy atom. The molecule has 11 nitrogen and oxygen atoms in total. The van der Waals surface area contributed by atoms with Crippen LogP contribution in [0.3, 0.4) is 0 Å². The zero-order chi connectivity index (χ0) is 30.5. The van der Waals surface area contributed by atoms with Gasteiger partial charge in [0.1, 0.15) is 5.69 Å². The van der Waals surface area contributed by atoms with Crippen molar-refractivity contribution in [1.82, 2.24) is 20.1 Å². The Labute approximate surface area is 263 Å². The Morgan fingerprint density at radius 2 is 1.84 bits per heavy atom. The Hall–Kier alpha value is -3.32. The minimum absolute atomic E-state index is 0.174. The summed E-state index contributed by atoms with van der Waals surface area (Å²) in [4.78, 5) is 47.2. The normalized spacial score (nSPS) is 19.3. The molecule has 1 saturated heterocycles. The van der Waals surface area contributed by atoms with E-state index in [4.69, 9.17) is 16.3 Å². The zero-order valence-electron chi connectivity index (χ0n) is 23.9. The average molecular weight is 674 g/mol. The second-order valence-electron chi connectivity index (χ2n) is 10.9. The van der Waals surface area contributed by atoms with E-state index in [1.54, 1.807) is 42.5 Å². The number of benzene rings is 2. The third-order valence-corrected chi connectivity index (χ3v) is 8.85. The van der Waals surface area contributed by atoms with E-state index in [-0.39, 0.29) is 40.8 Å². The van der Waals surface area contributed by atoms with Crippen molar-refractivity contribution in [2.24, 2.45) is 0 Å². The molecular formula is C30H34BrClN6O5. The molecule has 5 rings (SSSR count). The van der Waals surface area contributed by atoms with Crippen molar-refractivity contribution in [1.29, 1.82) is 0 Å². The van der Waals surface area contributed by atoms with Gasteiger partial charge in [0.05, 0.1) is 22.7 Å². The average Bonchev–Trinajstić information content (AvgIpc) is 3.00. The van der Waals surface area contributed by atoms with Gasteiger partial charge in [0, 0.05) is 85.3 Å². The number of hydrogen-bond acceptors (Lipinski definition) is 8. The first-order valence-electron chi connectivity index (χ1n) is 14.3. The molecular weight excluding hydrogens is 640 g/mol. The van der Waals surface area contributed by atoms with E-state index in [0.29, 0.717) is 60.7 Å². The van der Waals surface area contributed by atoms with Gasteiger partial charge in [0.2, 0.25) is 0 Å². The molecule has 1 saturated carbocycles. The maximum atomic E-state index is 13.8. The number of nitrogens with one attached hydrogen (secondary N) is 2. The van der Waals surface area contributed by atoms with Gasteiger partial charge in [-0.05, 0) is 36.4 Å². The fraction of sp³-hybridized carbons (Fsp3) is 0.433. The number of carbonyl (C=O) groups is 2. The van der Waals surface area contributed by atoms with Crippen molar-refractivity contribution >= 4 is 61.5 Å². The molecule has 1 aliphatic carbocycles. The summed E-state index contributed by atoms with van der Waals surface area (Å²) in [6.07, 6.45) is 6.33. The Kier molecular flexibility index (Phi) is 10.1. The number of fused-ring (bicyclic) bond motifs is 1. The molecule has 3 aromatic rings. The predicted octanol–water partition coefficient (Wildman–Crippen LogP) is 5.12. The summed E-state index contributed by atoms with van der Waals surface area (Å²) in [7, 11) is 1.66. The molecule has 2 aromatic carbocycles. The highest BCUT2D eigenvalue weighted by molar-refractivity contribution is 9.10. The summed E-state index contributed by atoms with van der Waals surface area (Å²) < 4.78 is 5.62. The summed E-state index contributed by atoms with van der Waals surface area (Å²) >= 11 is 9.50. The summed E-state index contributed by atoms with van der Waals surface area (Å²) in [6.45, 7) is 3.80. The van der Waals surface area contributed by atoms with Crippen molar-refractivity contribution in [2.75, 3.05) is 51.8 Å². The first-order valence-corrected chi connectivity index (χ1v) is 15.5. The number of halogens is 2. The number of hydrogen-bond donors (Lipinski definition) is 2. The van der Waals surface area contributed by atoms with Gasteiger partial charge in [-0.3, -0.25) is 29.6 Å². The number of rotatable bonds is 9. The molecule has 2 N–H and O–H groups in total. The van der Waals surface area contributed by atoms with E-state index >= 15 is 0 Å². The van der Waals surface area contributed by atoms with Crippen LogP contribution in [0, 0.1) is 10.1 Å². The van der Waals surface area contributed by atoms with Crippen LogP contribution >= 0.6 is 27.5 Å². The van der Waals surface area contributed by atoms with E-state index in [2.05, 4.69) is 36.4 Å². The number of piperazine rings is 1. The van der Waals surface area contributed by atoms with E-state index in [0.717, 1.165) is 30.2 Å². The van der Waals surface area contributed by atoms with E-state index in [1.165, 1.54) is 12.3 Å².